The van der Waals surface area contributed by atoms with Crippen LogP contribution in [-0.2, 0) is 0 Å². The zero-order valence-corrected chi connectivity index (χ0v) is 8.93. The second-order valence-corrected chi connectivity index (χ2v) is 4.02. The van der Waals surface area contributed by atoms with Gasteiger partial charge in [0, 0.05) is 12.6 Å². The van der Waals surface area contributed by atoms with Gasteiger partial charge < -0.3 is 10.6 Å². The minimum Gasteiger partial charge on any atom is -0.380 e. The number of hydrogen-bond acceptors (Lipinski definition) is 3. The van der Waals surface area contributed by atoms with Gasteiger partial charge in [-0.25, -0.2) is 4.98 Å². The third-order valence-corrected chi connectivity index (χ3v) is 2.84. The van der Waals surface area contributed by atoms with Crippen molar-refractivity contribution < 1.29 is 0 Å². The molecular weight excluding hydrogens is 198 g/mol. The van der Waals surface area contributed by atoms with E-state index in [1.54, 1.807) is 6.20 Å². The van der Waals surface area contributed by atoms with E-state index in [-0.39, 0.29) is 0 Å². The number of aromatic nitrogens is 1. The lowest BCUT2D eigenvalue weighted by molar-refractivity contribution is 0.792. The van der Waals surface area contributed by atoms with Gasteiger partial charge in [0.2, 0.25) is 0 Å². The maximum atomic E-state index is 5.85. The fourth-order valence-electron chi connectivity index (χ4n) is 1.65. The summed E-state index contributed by atoms with van der Waals surface area (Å²) in [6.45, 7) is 4.09. The molecule has 0 radical (unpaired) electrons. The Bertz CT molecular complexity index is 321. The zero-order chi connectivity index (χ0) is 9.97. The van der Waals surface area contributed by atoms with Gasteiger partial charge in [0.25, 0.3) is 0 Å². The van der Waals surface area contributed by atoms with Gasteiger partial charge in [-0.05, 0) is 31.5 Å². The van der Waals surface area contributed by atoms with Crippen LogP contribution in [0.15, 0.2) is 12.3 Å². The van der Waals surface area contributed by atoms with Gasteiger partial charge in [0.1, 0.15) is 5.15 Å². The summed E-state index contributed by atoms with van der Waals surface area (Å²) in [7, 11) is 0. The fraction of sp³-hybridized carbons (Fsp3) is 0.500. The largest absolute Gasteiger partial charge is 0.380 e. The Morgan fingerprint density at radius 1 is 1.64 bits per heavy atom. The molecule has 1 aliphatic heterocycles. The monoisotopic (exact) mass is 211 g/mol. The summed E-state index contributed by atoms with van der Waals surface area (Å²) in [5.41, 5.74) is 2.07. The van der Waals surface area contributed by atoms with E-state index in [2.05, 4.69) is 15.6 Å². The molecule has 14 heavy (non-hydrogen) atoms. The Hall–Kier alpha value is -0.800. The Morgan fingerprint density at radius 2 is 2.50 bits per heavy atom. The zero-order valence-electron chi connectivity index (χ0n) is 8.18. The molecule has 76 valence electrons. The summed E-state index contributed by atoms with van der Waals surface area (Å²) in [6.07, 6.45) is 2.95. The molecule has 1 aromatic rings. The summed E-state index contributed by atoms with van der Waals surface area (Å²) in [5.74, 6) is 0. The van der Waals surface area contributed by atoms with E-state index in [0.717, 1.165) is 24.3 Å². The van der Waals surface area contributed by atoms with Crippen molar-refractivity contribution in [2.24, 2.45) is 0 Å². The van der Waals surface area contributed by atoms with E-state index in [1.807, 2.05) is 13.0 Å². The van der Waals surface area contributed by atoms with E-state index >= 15 is 0 Å². The van der Waals surface area contributed by atoms with Crippen molar-refractivity contribution in [3.05, 3.63) is 23.0 Å². The molecule has 1 fully saturated rings. The average molecular weight is 212 g/mol. The molecule has 1 aliphatic rings. The Balaban J connectivity index is 2.05. The van der Waals surface area contributed by atoms with Crippen LogP contribution in [0, 0.1) is 6.92 Å². The Labute approximate surface area is 88.9 Å². The summed E-state index contributed by atoms with van der Waals surface area (Å²) in [6, 6.07) is 2.56. The van der Waals surface area contributed by atoms with Crippen LogP contribution in [0.5, 0.6) is 0 Å². The molecule has 3 nitrogen and oxygen atoms in total. The number of rotatable bonds is 2. The van der Waals surface area contributed by atoms with Crippen molar-refractivity contribution in [2.45, 2.75) is 19.4 Å². The maximum absolute atomic E-state index is 5.85. The highest BCUT2D eigenvalue weighted by Gasteiger charge is 2.13. The molecule has 2 heterocycles. The van der Waals surface area contributed by atoms with Crippen molar-refractivity contribution in [3.8, 4) is 0 Å². The topological polar surface area (TPSA) is 37.0 Å². The lowest BCUT2D eigenvalue weighted by Crippen LogP contribution is -2.22. The number of nitrogens with zero attached hydrogens (tertiary/aromatic N) is 1. The summed E-state index contributed by atoms with van der Waals surface area (Å²) in [4.78, 5) is 4.10. The molecule has 0 saturated carbocycles. The third-order valence-electron chi connectivity index (χ3n) is 2.45. The standard InChI is InChI=1S/C10H14ClN3/c1-7-4-9(6-13-10(7)11)14-8-2-3-12-5-8/h4,6,8,12,14H,2-3,5H2,1H3. The lowest BCUT2D eigenvalue weighted by Gasteiger charge is -2.12. The van der Waals surface area contributed by atoms with Gasteiger partial charge in [-0.1, -0.05) is 11.6 Å². The van der Waals surface area contributed by atoms with Crippen molar-refractivity contribution in [3.63, 3.8) is 0 Å². The van der Waals surface area contributed by atoms with Crippen LogP contribution in [0.3, 0.4) is 0 Å². The highest BCUT2D eigenvalue weighted by molar-refractivity contribution is 6.30. The average Bonchev–Trinajstić information content (AvgIpc) is 2.64. The second-order valence-electron chi connectivity index (χ2n) is 3.67. The summed E-state index contributed by atoms with van der Waals surface area (Å²) in [5, 5.41) is 7.32. The molecule has 2 rings (SSSR count). The molecule has 1 unspecified atom stereocenters. The van der Waals surface area contributed by atoms with Crippen LogP contribution in [0.4, 0.5) is 5.69 Å². The second kappa shape index (κ2) is 4.15. The number of anilines is 1. The van der Waals surface area contributed by atoms with Crippen molar-refractivity contribution in [1.82, 2.24) is 10.3 Å². The van der Waals surface area contributed by atoms with E-state index < -0.39 is 0 Å². The highest BCUT2D eigenvalue weighted by atomic mass is 35.5. The minimum absolute atomic E-state index is 0.525. The first-order valence-electron chi connectivity index (χ1n) is 4.85. The molecule has 4 heteroatoms. The molecule has 0 amide bonds. The first-order chi connectivity index (χ1) is 6.75. The molecule has 0 spiro atoms. The normalized spacial score (nSPS) is 21.1. The molecule has 0 aromatic carbocycles. The number of aryl methyl sites for hydroxylation is 1. The third kappa shape index (κ3) is 2.16. The van der Waals surface area contributed by atoms with Crippen LogP contribution in [0.1, 0.15) is 12.0 Å². The Morgan fingerprint density at radius 3 is 3.14 bits per heavy atom. The van der Waals surface area contributed by atoms with Crippen LogP contribution < -0.4 is 10.6 Å². The predicted octanol–water partition coefficient (Wildman–Crippen LogP) is 1.82. The number of halogens is 1. The molecule has 1 atom stereocenters. The fourth-order valence-corrected chi connectivity index (χ4v) is 1.75. The predicted molar refractivity (Wildman–Crippen MR) is 58.9 cm³/mol. The number of nitrogens with one attached hydrogen (secondary N) is 2. The maximum Gasteiger partial charge on any atom is 0.132 e. The molecule has 0 aliphatic carbocycles. The molecule has 1 saturated heterocycles. The van der Waals surface area contributed by atoms with Gasteiger partial charge in [-0.15, -0.1) is 0 Å². The van der Waals surface area contributed by atoms with E-state index in [4.69, 9.17) is 11.6 Å². The quantitative estimate of drug-likeness (QED) is 0.733. The van der Waals surface area contributed by atoms with Crippen LogP contribution in [-0.4, -0.2) is 24.1 Å². The van der Waals surface area contributed by atoms with Crippen LogP contribution in [0.25, 0.3) is 0 Å². The van der Waals surface area contributed by atoms with E-state index in [1.165, 1.54) is 6.42 Å². The molecule has 1 aromatic heterocycles. The smallest absolute Gasteiger partial charge is 0.132 e. The Kier molecular flexibility index (Phi) is 2.89. The number of hydrogen-bond donors (Lipinski definition) is 2. The summed E-state index contributed by atoms with van der Waals surface area (Å²) < 4.78 is 0. The van der Waals surface area contributed by atoms with Crippen molar-refractivity contribution >= 4 is 17.3 Å². The van der Waals surface area contributed by atoms with Gasteiger partial charge in [0.15, 0.2) is 0 Å². The van der Waals surface area contributed by atoms with E-state index in [0.29, 0.717) is 11.2 Å². The lowest BCUT2D eigenvalue weighted by atomic mass is 10.2. The van der Waals surface area contributed by atoms with Gasteiger partial charge in [-0.3, -0.25) is 0 Å². The molecule has 0 bridgehead atoms. The SMILES string of the molecule is Cc1cc(NC2CCNC2)cnc1Cl. The van der Waals surface area contributed by atoms with Crippen molar-refractivity contribution in [1.29, 1.82) is 0 Å². The van der Waals surface area contributed by atoms with E-state index in [9.17, 15) is 0 Å². The minimum atomic E-state index is 0.525. The highest BCUT2D eigenvalue weighted by Crippen LogP contribution is 2.17. The summed E-state index contributed by atoms with van der Waals surface area (Å²) >= 11 is 5.85. The molecule has 2 N–H and O–H groups in total. The first kappa shape index (κ1) is 9.74. The van der Waals surface area contributed by atoms with Gasteiger partial charge >= 0.3 is 0 Å². The van der Waals surface area contributed by atoms with Gasteiger partial charge in [0.05, 0.1) is 11.9 Å². The first-order valence-corrected chi connectivity index (χ1v) is 5.23. The number of pyridine rings is 1. The van der Waals surface area contributed by atoms with Crippen molar-refractivity contribution in [2.75, 3.05) is 18.4 Å². The van der Waals surface area contributed by atoms with Gasteiger partial charge in [-0.2, -0.15) is 0 Å². The molecular formula is C10H14ClN3. The van der Waals surface area contributed by atoms with Crippen LogP contribution in [0.2, 0.25) is 5.15 Å². The van der Waals surface area contributed by atoms with Crippen LogP contribution >= 0.6 is 11.6 Å².